The van der Waals surface area contributed by atoms with Gasteiger partial charge in [0.2, 0.25) is 5.91 Å². The van der Waals surface area contributed by atoms with Crippen molar-refractivity contribution in [3.05, 3.63) is 0 Å². The highest BCUT2D eigenvalue weighted by Crippen LogP contribution is 2.21. The quantitative estimate of drug-likeness (QED) is 0.817. The SMILES string of the molecule is CC1CN(C(C)(C)CNC(=O)C2CCNCC2)CC(C)O1.Cl. The zero-order chi connectivity index (χ0) is 15.5. The van der Waals surface area contributed by atoms with E-state index in [4.69, 9.17) is 4.74 Å². The monoisotopic (exact) mass is 333 g/mol. The van der Waals surface area contributed by atoms with Gasteiger partial charge in [0.15, 0.2) is 0 Å². The molecule has 130 valence electrons. The van der Waals surface area contributed by atoms with E-state index in [0.29, 0.717) is 6.54 Å². The topological polar surface area (TPSA) is 53.6 Å². The summed E-state index contributed by atoms with van der Waals surface area (Å²) in [5.41, 5.74) is -0.0329. The second-order valence-corrected chi connectivity index (χ2v) is 7.22. The molecule has 2 unspecified atom stereocenters. The Bertz CT molecular complexity index is 349. The number of rotatable bonds is 4. The van der Waals surface area contributed by atoms with Gasteiger partial charge in [-0.25, -0.2) is 0 Å². The molecule has 2 rings (SSSR count). The van der Waals surface area contributed by atoms with Crippen LogP contribution in [-0.2, 0) is 9.53 Å². The average molecular weight is 334 g/mol. The van der Waals surface area contributed by atoms with Crippen molar-refractivity contribution in [3.8, 4) is 0 Å². The fourth-order valence-corrected chi connectivity index (χ4v) is 3.32. The first-order chi connectivity index (χ1) is 9.88. The fraction of sp³-hybridized carbons (Fsp3) is 0.938. The molecule has 2 N–H and O–H groups in total. The van der Waals surface area contributed by atoms with Crippen LogP contribution in [0.25, 0.3) is 0 Å². The van der Waals surface area contributed by atoms with E-state index < -0.39 is 0 Å². The lowest BCUT2D eigenvalue weighted by Gasteiger charge is -2.45. The van der Waals surface area contributed by atoms with E-state index >= 15 is 0 Å². The molecule has 0 aliphatic carbocycles. The summed E-state index contributed by atoms with van der Waals surface area (Å²) in [6, 6.07) is 0. The molecular weight excluding hydrogens is 302 g/mol. The number of amides is 1. The van der Waals surface area contributed by atoms with E-state index in [1.807, 2.05) is 0 Å². The van der Waals surface area contributed by atoms with Crippen LogP contribution in [0.1, 0.15) is 40.5 Å². The van der Waals surface area contributed by atoms with Crippen LogP contribution in [-0.4, -0.2) is 61.3 Å². The second kappa shape index (κ2) is 8.48. The lowest BCUT2D eigenvalue weighted by atomic mass is 9.95. The van der Waals surface area contributed by atoms with Gasteiger partial charge in [-0.1, -0.05) is 0 Å². The van der Waals surface area contributed by atoms with E-state index in [2.05, 4.69) is 43.2 Å². The molecule has 0 aromatic heterocycles. The van der Waals surface area contributed by atoms with Crippen molar-refractivity contribution in [2.45, 2.75) is 58.3 Å². The molecule has 2 aliphatic rings. The third-order valence-electron chi connectivity index (χ3n) is 4.68. The first-order valence-corrected chi connectivity index (χ1v) is 8.27. The number of hydrogen-bond donors (Lipinski definition) is 2. The zero-order valence-electron chi connectivity index (χ0n) is 14.4. The molecule has 6 heteroatoms. The van der Waals surface area contributed by atoms with Crippen molar-refractivity contribution >= 4 is 18.3 Å². The first-order valence-electron chi connectivity index (χ1n) is 8.27. The number of ether oxygens (including phenoxy) is 1. The van der Waals surface area contributed by atoms with E-state index in [1.165, 1.54) is 0 Å². The average Bonchev–Trinajstić information content (AvgIpc) is 2.45. The van der Waals surface area contributed by atoms with Crippen LogP contribution in [0, 0.1) is 5.92 Å². The van der Waals surface area contributed by atoms with Gasteiger partial charge in [-0.05, 0) is 53.6 Å². The maximum absolute atomic E-state index is 12.3. The normalized spacial score (nSPS) is 28.0. The minimum atomic E-state index is -0.0329. The summed E-state index contributed by atoms with van der Waals surface area (Å²) >= 11 is 0. The summed E-state index contributed by atoms with van der Waals surface area (Å²) in [7, 11) is 0. The van der Waals surface area contributed by atoms with Crippen LogP contribution in [0.5, 0.6) is 0 Å². The number of nitrogens with one attached hydrogen (secondary N) is 2. The minimum absolute atomic E-state index is 0. The Balaban J connectivity index is 0.00000242. The van der Waals surface area contributed by atoms with Crippen molar-refractivity contribution in [1.82, 2.24) is 15.5 Å². The Hall–Kier alpha value is -0.360. The molecule has 2 heterocycles. The van der Waals surface area contributed by atoms with Gasteiger partial charge in [0, 0.05) is 31.1 Å². The van der Waals surface area contributed by atoms with Crippen LogP contribution in [0.15, 0.2) is 0 Å². The number of carbonyl (C=O) groups excluding carboxylic acids is 1. The zero-order valence-corrected chi connectivity index (χ0v) is 15.2. The summed E-state index contributed by atoms with van der Waals surface area (Å²) in [4.78, 5) is 14.7. The molecule has 2 atom stereocenters. The Morgan fingerprint density at radius 2 is 1.77 bits per heavy atom. The fourth-order valence-electron chi connectivity index (χ4n) is 3.32. The molecule has 0 bridgehead atoms. The minimum Gasteiger partial charge on any atom is -0.373 e. The van der Waals surface area contributed by atoms with Crippen molar-refractivity contribution in [2.75, 3.05) is 32.7 Å². The molecule has 1 amide bonds. The molecule has 22 heavy (non-hydrogen) atoms. The van der Waals surface area contributed by atoms with Gasteiger partial charge in [-0.15, -0.1) is 12.4 Å². The molecule has 0 aromatic carbocycles. The number of morpholine rings is 1. The van der Waals surface area contributed by atoms with Crippen molar-refractivity contribution in [3.63, 3.8) is 0 Å². The number of piperidine rings is 1. The highest BCUT2D eigenvalue weighted by atomic mass is 35.5. The molecule has 2 saturated heterocycles. The number of hydrogen-bond acceptors (Lipinski definition) is 4. The van der Waals surface area contributed by atoms with Gasteiger partial charge in [0.05, 0.1) is 12.2 Å². The predicted molar refractivity (Wildman–Crippen MR) is 91.5 cm³/mol. The van der Waals surface area contributed by atoms with Crippen LogP contribution in [0.2, 0.25) is 0 Å². The molecule has 0 saturated carbocycles. The van der Waals surface area contributed by atoms with Gasteiger partial charge >= 0.3 is 0 Å². The number of nitrogens with zero attached hydrogens (tertiary/aromatic N) is 1. The van der Waals surface area contributed by atoms with Gasteiger partial charge in [0.1, 0.15) is 0 Å². The Labute approximate surface area is 140 Å². The van der Waals surface area contributed by atoms with Gasteiger partial charge in [-0.3, -0.25) is 9.69 Å². The summed E-state index contributed by atoms with van der Waals surface area (Å²) < 4.78 is 5.80. The van der Waals surface area contributed by atoms with Crippen LogP contribution in [0.4, 0.5) is 0 Å². The van der Waals surface area contributed by atoms with Crippen LogP contribution in [0.3, 0.4) is 0 Å². The highest BCUT2D eigenvalue weighted by Gasteiger charge is 2.34. The van der Waals surface area contributed by atoms with E-state index in [1.54, 1.807) is 0 Å². The molecule has 0 radical (unpaired) electrons. The Morgan fingerprint density at radius 1 is 1.23 bits per heavy atom. The summed E-state index contributed by atoms with van der Waals surface area (Å²) in [6.45, 7) is 13.1. The lowest BCUT2D eigenvalue weighted by molar-refractivity contribution is -0.127. The molecule has 0 aromatic rings. The van der Waals surface area contributed by atoms with Gasteiger partial charge < -0.3 is 15.4 Å². The van der Waals surface area contributed by atoms with E-state index in [-0.39, 0.29) is 42.0 Å². The standard InChI is InChI=1S/C16H31N3O2.ClH/c1-12-9-19(10-13(2)21-12)16(3,4)11-18-15(20)14-5-7-17-8-6-14;/h12-14,17H,5-11H2,1-4H3,(H,18,20);1H. The summed E-state index contributed by atoms with van der Waals surface area (Å²) in [5, 5.41) is 6.47. The Morgan fingerprint density at radius 3 is 2.32 bits per heavy atom. The Kier molecular flexibility index (Phi) is 7.59. The third-order valence-corrected chi connectivity index (χ3v) is 4.68. The predicted octanol–water partition coefficient (Wildman–Crippen LogP) is 1.41. The van der Waals surface area contributed by atoms with Crippen molar-refractivity contribution < 1.29 is 9.53 Å². The maximum atomic E-state index is 12.3. The highest BCUT2D eigenvalue weighted by molar-refractivity contribution is 5.85. The molecule has 2 fully saturated rings. The summed E-state index contributed by atoms with van der Waals surface area (Å²) in [6.07, 6.45) is 2.43. The van der Waals surface area contributed by atoms with Crippen molar-refractivity contribution in [1.29, 1.82) is 0 Å². The number of halogens is 1. The van der Waals surface area contributed by atoms with Crippen LogP contribution >= 0.6 is 12.4 Å². The molecule has 2 aliphatic heterocycles. The van der Waals surface area contributed by atoms with Crippen molar-refractivity contribution in [2.24, 2.45) is 5.92 Å². The van der Waals surface area contributed by atoms with Crippen LogP contribution < -0.4 is 10.6 Å². The molecule has 5 nitrogen and oxygen atoms in total. The number of carbonyl (C=O) groups is 1. The first kappa shape index (κ1) is 19.7. The molecule has 0 spiro atoms. The van der Waals surface area contributed by atoms with Gasteiger partial charge in [0.25, 0.3) is 0 Å². The third kappa shape index (κ3) is 5.37. The molecular formula is C16H32ClN3O2. The van der Waals surface area contributed by atoms with E-state index in [0.717, 1.165) is 39.0 Å². The lowest BCUT2D eigenvalue weighted by Crippen LogP contribution is -2.59. The summed E-state index contributed by atoms with van der Waals surface area (Å²) in [5.74, 6) is 0.406. The van der Waals surface area contributed by atoms with Gasteiger partial charge in [-0.2, -0.15) is 0 Å². The second-order valence-electron chi connectivity index (χ2n) is 7.22. The maximum Gasteiger partial charge on any atom is 0.223 e. The smallest absolute Gasteiger partial charge is 0.223 e. The largest absolute Gasteiger partial charge is 0.373 e. The van der Waals surface area contributed by atoms with E-state index in [9.17, 15) is 4.79 Å².